The predicted molar refractivity (Wildman–Crippen MR) is 211 cm³/mol. The Hall–Kier alpha value is -5.39. The molecule has 10 heteroatoms. The number of aromatic hydroxyl groups is 1. The van der Waals surface area contributed by atoms with Crippen LogP contribution in [0.4, 0.5) is 0 Å². The highest BCUT2D eigenvalue weighted by Gasteiger charge is 2.35. The molecule has 1 aliphatic rings. The molecule has 1 saturated heterocycles. The Labute approximate surface area is 306 Å². The van der Waals surface area contributed by atoms with Crippen LogP contribution in [0.3, 0.4) is 0 Å². The Kier molecular flexibility index (Phi) is 8.55. The summed E-state index contributed by atoms with van der Waals surface area (Å²) in [4.78, 5) is 0. The van der Waals surface area contributed by atoms with Crippen LogP contribution in [0.2, 0.25) is 0 Å². The topological polar surface area (TPSA) is 118 Å². The third-order valence-electron chi connectivity index (χ3n) is 10.4. The van der Waals surface area contributed by atoms with Crippen LogP contribution in [0.25, 0.3) is 54.1 Å². The molecule has 8 nitrogen and oxygen atoms in total. The number of nitrogens with one attached hydrogen (secondary N) is 1. The molecule has 8 aromatic rings. The van der Waals surface area contributed by atoms with E-state index in [4.69, 9.17) is 13.8 Å². The van der Waals surface area contributed by atoms with E-state index in [0.717, 1.165) is 62.7 Å². The van der Waals surface area contributed by atoms with Gasteiger partial charge in [0.25, 0.3) is 0 Å². The molecule has 0 unspecified atom stereocenters. The smallest absolute Gasteiger partial charge is 0.533 e. The zero-order valence-electron chi connectivity index (χ0n) is 28.7. The first-order chi connectivity index (χ1) is 25.8. The molecule has 7 aromatic carbocycles. The Morgan fingerprint density at radius 1 is 0.774 bits per heavy atom. The molecule has 3 N–H and O–H groups in total. The van der Waals surface area contributed by atoms with Crippen LogP contribution in [-0.4, -0.2) is 38.2 Å². The number of phenolic OH excluding ortho intramolecular Hbond substituents is 1. The van der Waals surface area contributed by atoms with E-state index in [1.54, 1.807) is 30.5 Å². The lowest BCUT2D eigenvalue weighted by molar-refractivity contribution is 0.112. The first-order valence-corrected chi connectivity index (χ1v) is 19.5. The molecular weight excluding hydrogens is 685 g/mol. The summed E-state index contributed by atoms with van der Waals surface area (Å²) in [6.45, 7) is 0.728. The number of hydrogen-bond donors (Lipinski definition) is 3. The fourth-order valence-corrected chi connectivity index (χ4v) is 9.13. The van der Waals surface area contributed by atoms with Gasteiger partial charge in [-0.25, -0.2) is 13.1 Å². The fraction of sp³-hybridized carbons (Fsp3) is 0.163. The van der Waals surface area contributed by atoms with Crippen molar-refractivity contribution >= 4 is 71.2 Å². The molecular formula is C43H36BNO7S. The van der Waals surface area contributed by atoms with Crippen molar-refractivity contribution < 1.29 is 32.4 Å². The lowest BCUT2D eigenvalue weighted by Crippen LogP contribution is -2.51. The molecule has 0 spiro atoms. The van der Waals surface area contributed by atoms with E-state index in [1.165, 1.54) is 10.8 Å². The Morgan fingerprint density at radius 3 is 2.23 bits per heavy atom. The summed E-state index contributed by atoms with van der Waals surface area (Å²) >= 11 is 0. The molecule has 0 radical (unpaired) electrons. The molecule has 2 heterocycles. The largest absolute Gasteiger partial charge is 0.542 e. The molecule has 264 valence electrons. The zero-order valence-corrected chi connectivity index (χ0v) is 29.6. The highest BCUT2D eigenvalue weighted by atomic mass is 32.2. The van der Waals surface area contributed by atoms with Crippen LogP contribution in [0, 0.1) is 0 Å². The number of hydrogen-bond acceptors (Lipinski definition) is 7. The van der Waals surface area contributed by atoms with Crippen molar-refractivity contribution in [3.63, 3.8) is 0 Å². The average Bonchev–Trinajstić information content (AvgIpc) is 3.86. The molecule has 1 aliphatic heterocycles. The minimum atomic E-state index is -3.97. The number of ether oxygens (including phenoxy) is 1. The molecule has 1 fully saturated rings. The number of para-hydroxylation sites is 1. The lowest BCUT2D eigenvalue weighted by Gasteiger charge is -2.22. The SMILES string of the molecule is O=S(=O)(Cc1ccc([C@H]2CCCO2)cc1)N[C@@H](Cc1coc2ccccc12)B(O)Oc1cc2ccc3c(ccc4c5ccccc5ccc43)c2cc1O. The number of phenols is 1. The van der Waals surface area contributed by atoms with Crippen molar-refractivity contribution in [3.05, 3.63) is 144 Å². The van der Waals surface area contributed by atoms with Gasteiger partial charge in [-0.3, -0.25) is 0 Å². The highest BCUT2D eigenvalue weighted by Crippen LogP contribution is 2.39. The van der Waals surface area contributed by atoms with Gasteiger partial charge in [0.1, 0.15) is 11.3 Å². The van der Waals surface area contributed by atoms with E-state index < -0.39 is 23.1 Å². The van der Waals surface area contributed by atoms with Crippen LogP contribution in [0.5, 0.6) is 11.5 Å². The van der Waals surface area contributed by atoms with E-state index in [-0.39, 0.29) is 29.8 Å². The Bertz CT molecular complexity index is 2760. The molecule has 0 amide bonds. The summed E-state index contributed by atoms with van der Waals surface area (Å²) in [6, 6.07) is 38.9. The molecule has 2 atom stereocenters. The molecule has 9 rings (SSSR count). The average molecular weight is 722 g/mol. The summed E-state index contributed by atoms with van der Waals surface area (Å²) in [5, 5.41) is 31.9. The van der Waals surface area contributed by atoms with Crippen molar-refractivity contribution in [2.75, 3.05) is 6.61 Å². The van der Waals surface area contributed by atoms with Gasteiger partial charge in [-0.2, -0.15) is 0 Å². The summed E-state index contributed by atoms with van der Waals surface area (Å²) in [5.41, 5.74) is 2.97. The van der Waals surface area contributed by atoms with E-state index in [9.17, 15) is 18.5 Å². The van der Waals surface area contributed by atoms with Gasteiger partial charge in [-0.15, -0.1) is 0 Å². The quantitative estimate of drug-likeness (QED) is 0.0955. The van der Waals surface area contributed by atoms with Crippen LogP contribution >= 0.6 is 0 Å². The maximum atomic E-state index is 13.7. The second-order valence-corrected chi connectivity index (χ2v) is 15.6. The first-order valence-electron chi connectivity index (χ1n) is 17.8. The van der Waals surface area contributed by atoms with Gasteiger partial charge in [0.15, 0.2) is 5.75 Å². The maximum Gasteiger partial charge on any atom is 0.542 e. The monoisotopic (exact) mass is 721 g/mol. The van der Waals surface area contributed by atoms with Gasteiger partial charge < -0.3 is 23.9 Å². The normalized spacial score (nSPS) is 15.5. The molecule has 0 aliphatic carbocycles. The summed E-state index contributed by atoms with van der Waals surface area (Å²) in [6.07, 6.45) is 3.61. The van der Waals surface area contributed by atoms with Crippen molar-refractivity contribution in [1.82, 2.24) is 4.72 Å². The molecule has 53 heavy (non-hydrogen) atoms. The third kappa shape index (κ3) is 6.49. The lowest BCUT2D eigenvalue weighted by atomic mass is 9.76. The first kappa shape index (κ1) is 33.5. The molecule has 1 aromatic heterocycles. The van der Waals surface area contributed by atoms with Crippen LogP contribution in [0.1, 0.15) is 35.6 Å². The second-order valence-electron chi connectivity index (χ2n) is 13.8. The van der Waals surface area contributed by atoms with Gasteiger partial charge in [0.2, 0.25) is 10.0 Å². The van der Waals surface area contributed by atoms with Gasteiger partial charge in [0.05, 0.1) is 24.1 Å². The fourth-order valence-electron chi connectivity index (χ4n) is 7.75. The van der Waals surface area contributed by atoms with Crippen molar-refractivity contribution in [2.45, 2.75) is 37.1 Å². The van der Waals surface area contributed by atoms with Gasteiger partial charge >= 0.3 is 7.12 Å². The minimum Gasteiger partial charge on any atom is -0.533 e. The number of fused-ring (bicyclic) bond motifs is 8. The van der Waals surface area contributed by atoms with Gasteiger partial charge in [-0.1, -0.05) is 103 Å². The summed E-state index contributed by atoms with van der Waals surface area (Å²) in [5.74, 6) is -1.57. The van der Waals surface area contributed by atoms with Crippen LogP contribution < -0.4 is 9.38 Å². The van der Waals surface area contributed by atoms with E-state index in [1.807, 2.05) is 54.6 Å². The summed E-state index contributed by atoms with van der Waals surface area (Å²) < 4.78 is 47.5. The minimum absolute atomic E-state index is 0.0297. The maximum absolute atomic E-state index is 13.7. The number of sulfonamides is 1. The third-order valence-corrected chi connectivity index (χ3v) is 11.8. The second kappa shape index (κ2) is 13.5. The Balaban J connectivity index is 1.02. The molecule has 0 bridgehead atoms. The van der Waals surface area contributed by atoms with Crippen molar-refractivity contribution in [2.24, 2.45) is 0 Å². The molecule has 0 saturated carbocycles. The van der Waals surface area contributed by atoms with Crippen molar-refractivity contribution in [1.29, 1.82) is 0 Å². The van der Waals surface area contributed by atoms with Gasteiger partial charge in [-0.05, 0) is 97.2 Å². The zero-order chi connectivity index (χ0) is 36.1. The van der Waals surface area contributed by atoms with Crippen LogP contribution in [-0.2, 0) is 26.9 Å². The van der Waals surface area contributed by atoms with Crippen LogP contribution in [0.15, 0.2) is 132 Å². The van der Waals surface area contributed by atoms with E-state index >= 15 is 0 Å². The Morgan fingerprint density at radius 2 is 1.45 bits per heavy atom. The van der Waals surface area contributed by atoms with Gasteiger partial charge in [0, 0.05) is 12.0 Å². The summed E-state index contributed by atoms with van der Waals surface area (Å²) in [7, 11) is -5.64. The number of rotatable bonds is 10. The standard InChI is InChI=1S/C43H36BNO7S/c46-39-24-38-30(16-18-36-35-17-15-28-6-1-2-7-32(28)34(35)19-20-37(36)38)22-42(39)52-44(47)43(23-31-25-51-41-9-4-3-8-33(31)41)45-53(48,49)26-27-11-13-29(14-12-27)40-10-5-21-50-40/h1-4,6-9,11-20,22,24-25,40,43,45-47H,5,10,21,23,26H2/t40-,43+/m1/s1. The highest BCUT2D eigenvalue weighted by molar-refractivity contribution is 7.88. The predicted octanol–water partition coefficient (Wildman–Crippen LogP) is 8.73. The van der Waals surface area contributed by atoms with E-state index in [2.05, 4.69) is 47.2 Å². The van der Waals surface area contributed by atoms with E-state index in [0.29, 0.717) is 16.7 Å². The number of furan rings is 1. The number of benzene rings is 7. The van der Waals surface area contributed by atoms with Crippen molar-refractivity contribution in [3.8, 4) is 11.5 Å².